The molecule has 2 fully saturated rings. The van der Waals surface area contributed by atoms with E-state index >= 15 is 0 Å². The number of piperidine rings is 1. The summed E-state index contributed by atoms with van der Waals surface area (Å²) in [6.45, 7) is 3.18. The maximum Gasteiger partial charge on any atom is 0.108 e. The Morgan fingerprint density at radius 1 is 1.24 bits per heavy atom. The molecule has 3 heteroatoms. The lowest BCUT2D eigenvalue weighted by Crippen LogP contribution is -2.45. The van der Waals surface area contributed by atoms with Crippen molar-refractivity contribution >= 4 is 5.84 Å². The summed E-state index contributed by atoms with van der Waals surface area (Å²) in [5.41, 5.74) is 7.70. The van der Waals surface area contributed by atoms with E-state index in [1.807, 2.05) is 6.20 Å². The normalized spacial score (nSPS) is 23.8. The van der Waals surface area contributed by atoms with Gasteiger partial charge in [0, 0.05) is 27.1 Å². The number of rotatable bonds is 3. The van der Waals surface area contributed by atoms with E-state index in [0.717, 1.165) is 31.2 Å². The SMILES string of the molecule is C.NCCCC1=CCC(N2CCC3(CCC3)CC2)=NC=C1.[HH]. The average molecular weight is 291 g/mol. The molecule has 0 aromatic rings. The first kappa shape index (κ1) is 16.3. The van der Waals surface area contributed by atoms with Crippen molar-refractivity contribution in [3.63, 3.8) is 0 Å². The number of aliphatic imine (C=N–C) groups is 1. The van der Waals surface area contributed by atoms with Crippen LogP contribution < -0.4 is 5.73 Å². The van der Waals surface area contributed by atoms with Gasteiger partial charge in [-0.25, -0.2) is 4.99 Å². The molecule has 0 atom stereocenters. The second-order valence-corrected chi connectivity index (χ2v) is 6.58. The number of hydrogen-bond donors (Lipinski definition) is 1. The average Bonchev–Trinajstić information content (AvgIpc) is 2.69. The van der Waals surface area contributed by atoms with Crippen molar-refractivity contribution in [1.29, 1.82) is 0 Å². The van der Waals surface area contributed by atoms with Crippen LogP contribution in [0.15, 0.2) is 28.9 Å². The summed E-state index contributed by atoms with van der Waals surface area (Å²) in [7, 11) is 0. The van der Waals surface area contributed by atoms with Gasteiger partial charge in [-0.3, -0.25) is 0 Å². The fourth-order valence-electron chi connectivity index (χ4n) is 3.68. The highest BCUT2D eigenvalue weighted by Gasteiger charge is 2.39. The first-order valence-corrected chi connectivity index (χ1v) is 8.19. The van der Waals surface area contributed by atoms with Crippen molar-refractivity contribution < 1.29 is 1.43 Å². The molecule has 21 heavy (non-hydrogen) atoms. The molecule has 120 valence electrons. The molecule has 1 saturated heterocycles. The third-order valence-corrected chi connectivity index (χ3v) is 5.33. The third-order valence-electron chi connectivity index (χ3n) is 5.33. The molecule has 0 amide bonds. The summed E-state index contributed by atoms with van der Waals surface area (Å²) in [5, 5.41) is 0. The quantitative estimate of drug-likeness (QED) is 0.850. The van der Waals surface area contributed by atoms with Crippen molar-refractivity contribution in [3.8, 4) is 0 Å². The van der Waals surface area contributed by atoms with Crippen LogP contribution in [0.25, 0.3) is 0 Å². The Bertz CT molecular complexity index is 426. The predicted octanol–water partition coefficient (Wildman–Crippen LogP) is 4.12. The maximum absolute atomic E-state index is 5.58. The predicted molar refractivity (Wildman–Crippen MR) is 93.5 cm³/mol. The first-order valence-electron chi connectivity index (χ1n) is 8.19. The summed E-state index contributed by atoms with van der Waals surface area (Å²) in [6, 6.07) is 0. The summed E-state index contributed by atoms with van der Waals surface area (Å²) >= 11 is 0. The number of likely N-dealkylation sites (tertiary alicyclic amines) is 1. The van der Waals surface area contributed by atoms with Gasteiger partial charge >= 0.3 is 0 Å². The molecule has 0 radical (unpaired) electrons. The summed E-state index contributed by atoms with van der Waals surface area (Å²) in [4.78, 5) is 7.19. The van der Waals surface area contributed by atoms with Crippen molar-refractivity contribution in [1.82, 2.24) is 4.90 Å². The van der Waals surface area contributed by atoms with Gasteiger partial charge in [0.1, 0.15) is 5.84 Å². The highest BCUT2D eigenvalue weighted by atomic mass is 15.2. The van der Waals surface area contributed by atoms with Crippen molar-refractivity contribution in [3.05, 3.63) is 23.9 Å². The van der Waals surface area contributed by atoms with E-state index in [0.29, 0.717) is 0 Å². The molecule has 3 nitrogen and oxygen atoms in total. The van der Waals surface area contributed by atoms with Crippen LogP contribution in [0.3, 0.4) is 0 Å². The molecule has 3 aliphatic rings. The number of nitrogens with two attached hydrogens (primary N) is 1. The first-order chi connectivity index (χ1) is 9.81. The van der Waals surface area contributed by atoms with Gasteiger partial charge in [0.05, 0.1) is 0 Å². The van der Waals surface area contributed by atoms with E-state index in [9.17, 15) is 0 Å². The Labute approximate surface area is 131 Å². The highest BCUT2D eigenvalue weighted by Crippen LogP contribution is 2.48. The van der Waals surface area contributed by atoms with E-state index in [4.69, 9.17) is 5.73 Å². The molecular weight excluding hydrogens is 258 g/mol. The molecule has 2 heterocycles. The van der Waals surface area contributed by atoms with Gasteiger partial charge in [0.2, 0.25) is 0 Å². The molecule has 0 bridgehead atoms. The zero-order valence-electron chi connectivity index (χ0n) is 12.5. The number of amidine groups is 1. The Balaban J connectivity index is 0.00000121. The zero-order valence-corrected chi connectivity index (χ0v) is 12.5. The van der Waals surface area contributed by atoms with Crippen LogP contribution in [0.1, 0.15) is 60.2 Å². The summed E-state index contributed by atoms with van der Waals surface area (Å²) in [6.07, 6.45) is 16.8. The van der Waals surface area contributed by atoms with Gasteiger partial charge < -0.3 is 10.6 Å². The summed E-state index contributed by atoms with van der Waals surface area (Å²) < 4.78 is 0. The number of nitrogens with zero attached hydrogens (tertiary/aromatic N) is 2. The van der Waals surface area contributed by atoms with Crippen LogP contribution >= 0.6 is 0 Å². The van der Waals surface area contributed by atoms with E-state index in [2.05, 4.69) is 22.0 Å². The fourth-order valence-corrected chi connectivity index (χ4v) is 3.68. The van der Waals surface area contributed by atoms with Crippen molar-refractivity contribution in [2.24, 2.45) is 16.1 Å². The van der Waals surface area contributed by atoms with Crippen LogP contribution in [-0.4, -0.2) is 30.4 Å². The molecule has 1 saturated carbocycles. The summed E-state index contributed by atoms with van der Waals surface area (Å²) in [5.74, 6) is 1.26. The van der Waals surface area contributed by atoms with Gasteiger partial charge in [-0.2, -0.15) is 0 Å². The molecule has 0 unspecified atom stereocenters. The van der Waals surface area contributed by atoms with Crippen molar-refractivity contribution in [2.45, 2.75) is 58.8 Å². The van der Waals surface area contributed by atoms with Crippen LogP contribution in [-0.2, 0) is 0 Å². The minimum atomic E-state index is 0. The van der Waals surface area contributed by atoms with Gasteiger partial charge in [-0.1, -0.05) is 19.9 Å². The van der Waals surface area contributed by atoms with Crippen LogP contribution in [0, 0.1) is 5.41 Å². The molecule has 1 spiro atoms. The standard InChI is InChI=1S/C17H27N3.CH4.H2/c18-11-1-3-15-4-5-16(19-12-6-15)20-13-9-17(10-14-20)7-2-8-17;;/h4,6,12H,1-3,5,7-11,13-14,18H2;1H4;1H. The second kappa shape index (κ2) is 7.26. The minimum absolute atomic E-state index is 0. The number of allylic oxidation sites excluding steroid dienone is 2. The lowest BCUT2D eigenvalue weighted by molar-refractivity contribution is 0.0566. The Morgan fingerprint density at radius 3 is 2.62 bits per heavy atom. The maximum atomic E-state index is 5.58. The zero-order chi connectivity index (χ0) is 13.8. The smallest absolute Gasteiger partial charge is 0.108 e. The Kier molecular flexibility index (Phi) is 5.63. The van der Waals surface area contributed by atoms with Gasteiger partial charge in [0.15, 0.2) is 0 Å². The van der Waals surface area contributed by atoms with E-state index in [1.165, 1.54) is 56.6 Å². The molecule has 2 aliphatic heterocycles. The molecule has 2 N–H and O–H groups in total. The van der Waals surface area contributed by atoms with Gasteiger partial charge in [-0.05, 0) is 62.1 Å². The van der Waals surface area contributed by atoms with E-state index < -0.39 is 0 Å². The van der Waals surface area contributed by atoms with Gasteiger partial charge in [-0.15, -0.1) is 0 Å². The monoisotopic (exact) mass is 291 g/mol. The topological polar surface area (TPSA) is 41.6 Å². The molecule has 1 aliphatic carbocycles. The Hall–Kier alpha value is -1.09. The third kappa shape index (κ3) is 3.76. The van der Waals surface area contributed by atoms with Crippen LogP contribution in [0.4, 0.5) is 0 Å². The highest BCUT2D eigenvalue weighted by molar-refractivity contribution is 5.85. The molecule has 0 aromatic carbocycles. The molecule has 3 rings (SSSR count). The Morgan fingerprint density at radius 2 is 2.00 bits per heavy atom. The molecule has 0 aromatic heterocycles. The number of hydrogen-bond acceptors (Lipinski definition) is 3. The van der Waals surface area contributed by atoms with Crippen LogP contribution in [0.2, 0.25) is 0 Å². The lowest BCUT2D eigenvalue weighted by Gasteiger charge is -2.48. The van der Waals surface area contributed by atoms with E-state index in [1.54, 1.807) is 0 Å². The van der Waals surface area contributed by atoms with Gasteiger partial charge in [0.25, 0.3) is 0 Å². The molecular formula is C18H33N3. The van der Waals surface area contributed by atoms with Crippen LogP contribution in [0.5, 0.6) is 0 Å². The van der Waals surface area contributed by atoms with Crippen molar-refractivity contribution in [2.75, 3.05) is 19.6 Å². The minimum Gasteiger partial charge on any atom is -0.360 e. The lowest BCUT2D eigenvalue weighted by atomic mass is 9.63. The fraction of sp³-hybridized carbons (Fsp3) is 0.722. The van der Waals surface area contributed by atoms with E-state index in [-0.39, 0.29) is 8.85 Å². The largest absolute Gasteiger partial charge is 0.360 e. The second-order valence-electron chi connectivity index (χ2n) is 6.58.